The molecule has 6 nitrogen and oxygen atoms in total. The minimum atomic E-state index is -0.384. The molecule has 0 bridgehead atoms. The number of amides is 2. The third kappa shape index (κ3) is 4.72. The summed E-state index contributed by atoms with van der Waals surface area (Å²) in [6, 6.07) is 26.2. The van der Waals surface area contributed by atoms with Gasteiger partial charge in [0.1, 0.15) is 5.75 Å². The van der Waals surface area contributed by atoms with Gasteiger partial charge < -0.3 is 5.11 Å². The topological polar surface area (TPSA) is 82.3 Å². The summed E-state index contributed by atoms with van der Waals surface area (Å²) in [5.74, 6) is -0.398. The molecule has 0 aliphatic carbocycles. The number of benzene rings is 4. The van der Waals surface area contributed by atoms with Crippen LogP contribution in [-0.2, 0) is 11.3 Å². The Hall–Kier alpha value is -4.23. The van der Waals surface area contributed by atoms with Gasteiger partial charge in [-0.2, -0.15) is 5.11 Å². The number of aromatic hydroxyl groups is 1. The lowest BCUT2D eigenvalue weighted by Gasteiger charge is -2.14. The summed E-state index contributed by atoms with van der Waals surface area (Å²) < 4.78 is 0. The van der Waals surface area contributed by atoms with E-state index in [1.54, 1.807) is 12.1 Å². The van der Waals surface area contributed by atoms with E-state index >= 15 is 0 Å². The van der Waals surface area contributed by atoms with Crippen molar-refractivity contribution in [2.45, 2.75) is 13.5 Å². The number of phenolic OH excluding ortho intramolecular Hbond substituents is 1. The summed E-state index contributed by atoms with van der Waals surface area (Å²) in [5.41, 5.74) is 3.56. The van der Waals surface area contributed by atoms with Crippen LogP contribution in [0.5, 0.6) is 5.75 Å². The largest absolute Gasteiger partial charge is 0.507 e. The summed E-state index contributed by atoms with van der Waals surface area (Å²) >= 11 is 0.861. The van der Waals surface area contributed by atoms with Gasteiger partial charge in [-0.3, -0.25) is 14.5 Å². The quantitative estimate of drug-likeness (QED) is 0.237. The van der Waals surface area contributed by atoms with E-state index in [2.05, 4.69) is 10.2 Å². The van der Waals surface area contributed by atoms with Gasteiger partial charge in [0, 0.05) is 10.9 Å². The number of imide groups is 1. The molecule has 0 atom stereocenters. The van der Waals surface area contributed by atoms with Gasteiger partial charge in [0.05, 0.1) is 22.8 Å². The SMILES string of the molecule is Cc1ccccc1CN1C(=O)S/C(=C\c2cc(N=Nc3cccc4ccccc34)ccc2O)C1=O. The minimum Gasteiger partial charge on any atom is -0.507 e. The van der Waals surface area contributed by atoms with Crippen molar-refractivity contribution in [1.29, 1.82) is 0 Å². The second kappa shape index (κ2) is 9.56. The van der Waals surface area contributed by atoms with E-state index in [0.717, 1.165) is 39.3 Å². The number of rotatable bonds is 5. The van der Waals surface area contributed by atoms with Crippen LogP contribution < -0.4 is 0 Å². The molecule has 0 radical (unpaired) electrons. The maximum Gasteiger partial charge on any atom is 0.293 e. The Morgan fingerprint density at radius 2 is 1.69 bits per heavy atom. The standard InChI is InChI=1S/C28H21N3O3S/c1-18-7-2-3-9-20(18)17-31-27(33)26(35-28(31)34)16-21-15-22(13-14-25(21)32)29-30-24-12-6-10-19-8-4-5-11-23(19)24/h2-16,32H,17H2,1H3/b26-16-,30-29?. The maximum absolute atomic E-state index is 13.0. The van der Waals surface area contributed by atoms with Crippen LogP contribution >= 0.6 is 11.8 Å². The van der Waals surface area contributed by atoms with Gasteiger partial charge in [0.15, 0.2) is 0 Å². The predicted octanol–water partition coefficient (Wildman–Crippen LogP) is 7.51. The van der Waals surface area contributed by atoms with E-state index in [9.17, 15) is 14.7 Å². The molecular weight excluding hydrogens is 458 g/mol. The first-order valence-electron chi connectivity index (χ1n) is 11.0. The molecule has 1 saturated heterocycles. The fraction of sp³-hybridized carbons (Fsp3) is 0.0714. The predicted molar refractivity (Wildman–Crippen MR) is 139 cm³/mol. The van der Waals surface area contributed by atoms with Gasteiger partial charge in [-0.1, -0.05) is 60.7 Å². The second-order valence-corrected chi connectivity index (χ2v) is 9.13. The molecule has 2 amide bonds. The molecule has 1 aliphatic rings. The molecule has 172 valence electrons. The number of azo groups is 1. The van der Waals surface area contributed by atoms with Crippen LogP contribution in [0.3, 0.4) is 0 Å². The lowest BCUT2D eigenvalue weighted by atomic mass is 10.1. The molecule has 7 heteroatoms. The van der Waals surface area contributed by atoms with E-state index in [-0.39, 0.29) is 28.3 Å². The highest BCUT2D eigenvalue weighted by Gasteiger charge is 2.35. The maximum atomic E-state index is 13.0. The first-order chi connectivity index (χ1) is 17.0. The zero-order valence-corrected chi connectivity index (χ0v) is 19.7. The summed E-state index contributed by atoms with van der Waals surface area (Å²) in [5, 5.41) is 20.8. The van der Waals surface area contributed by atoms with E-state index in [1.807, 2.05) is 73.7 Å². The number of hydrogen-bond donors (Lipinski definition) is 1. The van der Waals surface area contributed by atoms with Crippen molar-refractivity contribution < 1.29 is 14.7 Å². The smallest absolute Gasteiger partial charge is 0.293 e. The number of carbonyl (C=O) groups excluding carboxylic acids is 2. The average Bonchev–Trinajstić information content (AvgIpc) is 3.13. The first kappa shape index (κ1) is 22.6. The van der Waals surface area contributed by atoms with Gasteiger partial charge in [0.2, 0.25) is 0 Å². The molecule has 0 saturated carbocycles. The molecule has 4 aromatic carbocycles. The lowest BCUT2D eigenvalue weighted by Crippen LogP contribution is -2.27. The monoisotopic (exact) mass is 479 g/mol. The van der Waals surface area contributed by atoms with E-state index in [1.165, 1.54) is 17.0 Å². The molecule has 35 heavy (non-hydrogen) atoms. The number of phenols is 1. The van der Waals surface area contributed by atoms with Crippen LogP contribution in [0.1, 0.15) is 16.7 Å². The zero-order chi connectivity index (χ0) is 24.4. The van der Waals surface area contributed by atoms with Crippen molar-refractivity contribution >= 4 is 51.1 Å². The minimum absolute atomic E-state index is 0.0141. The Bertz CT molecular complexity index is 1520. The van der Waals surface area contributed by atoms with Gasteiger partial charge in [-0.05, 0) is 65.5 Å². The molecule has 0 unspecified atom stereocenters. The highest BCUT2D eigenvalue weighted by atomic mass is 32.2. The van der Waals surface area contributed by atoms with Crippen LogP contribution in [0.4, 0.5) is 16.2 Å². The van der Waals surface area contributed by atoms with E-state index in [4.69, 9.17) is 0 Å². The van der Waals surface area contributed by atoms with Crippen molar-refractivity contribution in [2.75, 3.05) is 0 Å². The first-order valence-corrected chi connectivity index (χ1v) is 11.8. The zero-order valence-electron chi connectivity index (χ0n) is 18.9. The van der Waals surface area contributed by atoms with Crippen molar-refractivity contribution in [2.24, 2.45) is 10.2 Å². The fourth-order valence-electron chi connectivity index (χ4n) is 3.86. The Labute approximate surface area is 206 Å². The van der Waals surface area contributed by atoms with Crippen LogP contribution in [-0.4, -0.2) is 21.2 Å². The Morgan fingerprint density at radius 3 is 2.54 bits per heavy atom. The van der Waals surface area contributed by atoms with Crippen LogP contribution in [0.2, 0.25) is 0 Å². The third-order valence-electron chi connectivity index (χ3n) is 5.80. The van der Waals surface area contributed by atoms with Crippen molar-refractivity contribution in [3.05, 3.63) is 107 Å². The Morgan fingerprint density at radius 1 is 0.914 bits per heavy atom. The number of fused-ring (bicyclic) bond motifs is 1. The highest BCUT2D eigenvalue weighted by Crippen LogP contribution is 2.36. The molecule has 4 aromatic rings. The second-order valence-electron chi connectivity index (χ2n) is 8.14. The summed E-state index contributed by atoms with van der Waals surface area (Å²) in [7, 11) is 0. The number of carbonyl (C=O) groups is 2. The summed E-state index contributed by atoms with van der Waals surface area (Å²) in [4.78, 5) is 27.0. The van der Waals surface area contributed by atoms with Gasteiger partial charge >= 0.3 is 0 Å². The highest BCUT2D eigenvalue weighted by molar-refractivity contribution is 8.18. The summed E-state index contributed by atoms with van der Waals surface area (Å²) in [6.45, 7) is 2.15. The molecule has 0 spiro atoms. The lowest BCUT2D eigenvalue weighted by molar-refractivity contribution is -0.123. The summed E-state index contributed by atoms with van der Waals surface area (Å²) in [6.07, 6.45) is 1.52. The number of thioether (sulfide) groups is 1. The normalized spacial score (nSPS) is 15.1. The molecule has 1 aliphatic heterocycles. The molecular formula is C28H21N3O3S. The van der Waals surface area contributed by atoms with Crippen molar-refractivity contribution in [3.8, 4) is 5.75 Å². The molecule has 5 rings (SSSR count). The number of hydrogen-bond acceptors (Lipinski definition) is 6. The van der Waals surface area contributed by atoms with Crippen molar-refractivity contribution in [1.82, 2.24) is 4.90 Å². The van der Waals surface area contributed by atoms with E-state index in [0.29, 0.717) is 11.3 Å². The molecule has 1 fully saturated rings. The average molecular weight is 480 g/mol. The van der Waals surface area contributed by atoms with E-state index < -0.39 is 0 Å². The number of nitrogens with zero attached hydrogens (tertiary/aromatic N) is 3. The number of aryl methyl sites for hydroxylation is 1. The van der Waals surface area contributed by atoms with Gasteiger partial charge in [-0.15, -0.1) is 5.11 Å². The Balaban J connectivity index is 1.40. The Kier molecular flexibility index (Phi) is 6.16. The molecule has 1 heterocycles. The van der Waals surface area contributed by atoms with Crippen LogP contribution in [0.15, 0.2) is 100 Å². The van der Waals surface area contributed by atoms with Gasteiger partial charge in [-0.25, -0.2) is 0 Å². The third-order valence-corrected chi connectivity index (χ3v) is 6.71. The van der Waals surface area contributed by atoms with Crippen molar-refractivity contribution in [3.63, 3.8) is 0 Å². The molecule has 0 aromatic heterocycles. The van der Waals surface area contributed by atoms with Crippen LogP contribution in [0.25, 0.3) is 16.8 Å². The molecule has 1 N–H and O–H groups in total. The van der Waals surface area contributed by atoms with Crippen LogP contribution in [0, 0.1) is 6.92 Å². The fourth-order valence-corrected chi connectivity index (χ4v) is 4.69. The van der Waals surface area contributed by atoms with Gasteiger partial charge in [0.25, 0.3) is 11.1 Å².